The van der Waals surface area contributed by atoms with E-state index in [1.807, 2.05) is 0 Å². The van der Waals surface area contributed by atoms with Crippen molar-refractivity contribution in [2.75, 3.05) is 6.54 Å². The third-order valence-electron chi connectivity index (χ3n) is 9.58. The summed E-state index contributed by atoms with van der Waals surface area (Å²) in [4.78, 5) is 12.8. The van der Waals surface area contributed by atoms with E-state index in [0.717, 1.165) is 6.42 Å². The van der Waals surface area contributed by atoms with Gasteiger partial charge in [0.25, 0.3) is 0 Å². The molecule has 0 bridgehead atoms. The number of hydrogen-bond acceptors (Lipinski definition) is 10. The standard InChI is InChI=1S/C32H42N4O7/c33-20-13-21(34)31(30(41)27(20)38)43-32-26(35)29(40)28(39)22(42-32)14-36-23(37)6-2-3-15-7-8-18-10-9-16-4-1-5-17-11-12-19(15)25(18)24(16)17/h1,4-5,7-12,20-22,24-32,38-41H,2-3,6,13-14,33-35H2,(H,36,37)/t20-,21+,22?,24?,25?,26-,27+,28-,29-,30-,31?,32-/m1/s1. The van der Waals surface area contributed by atoms with Crippen LogP contribution in [0.2, 0.25) is 0 Å². The van der Waals surface area contributed by atoms with Gasteiger partial charge >= 0.3 is 0 Å². The number of carbonyl (C=O) groups is 1. The molecule has 11 nitrogen and oxygen atoms in total. The van der Waals surface area contributed by atoms with Crippen LogP contribution in [0.15, 0.2) is 82.5 Å². The van der Waals surface area contributed by atoms with Crippen LogP contribution in [0, 0.1) is 11.8 Å². The average Bonchev–Trinajstić information content (AvgIpc) is 3.00. The minimum atomic E-state index is -1.41. The molecule has 0 aromatic rings. The first-order chi connectivity index (χ1) is 20.6. The highest BCUT2D eigenvalue weighted by atomic mass is 16.7. The normalized spacial score (nSPS) is 41.3. The summed E-state index contributed by atoms with van der Waals surface area (Å²) in [6.07, 6.45) is 12.8. The molecule has 2 fully saturated rings. The predicted octanol–water partition coefficient (Wildman–Crippen LogP) is -0.757. The van der Waals surface area contributed by atoms with Crippen molar-refractivity contribution >= 4 is 5.91 Å². The topological polar surface area (TPSA) is 207 Å². The summed E-state index contributed by atoms with van der Waals surface area (Å²) in [5, 5.41) is 44.5. The first kappa shape index (κ1) is 30.3. The highest BCUT2D eigenvalue weighted by Crippen LogP contribution is 2.49. The molecule has 0 spiro atoms. The van der Waals surface area contributed by atoms with Gasteiger partial charge in [0.2, 0.25) is 5.91 Å². The number of carbonyl (C=O) groups excluding carboxylic acids is 1. The summed E-state index contributed by atoms with van der Waals surface area (Å²) in [7, 11) is 0. The monoisotopic (exact) mass is 594 g/mol. The summed E-state index contributed by atoms with van der Waals surface area (Å²) < 4.78 is 11.6. The quantitative estimate of drug-likeness (QED) is 0.176. The fourth-order valence-electron chi connectivity index (χ4n) is 7.11. The molecule has 4 unspecified atom stereocenters. The van der Waals surface area contributed by atoms with E-state index in [9.17, 15) is 25.2 Å². The molecule has 0 radical (unpaired) electrons. The van der Waals surface area contributed by atoms with Crippen molar-refractivity contribution in [1.29, 1.82) is 0 Å². The summed E-state index contributed by atoms with van der Waals surface area (Å²) in [5.41, 5.74) is 24.5. The Bertz CT molecular complexity index is 1330. The van der Waals surface area contributed by atoms with E-state index in [1.165, 1.54) is 27.9 Å². The number of hydrogen-bond donors (Lipinski definition) is 8. The molecule has 0 aromatic carbocycles. The Morgan fingerprint density at radius 1 is 0.860 bits per heavy atom. The summed E-state index contributed by atoms with van der Waals surface area (Å²) in [6, 6.07) is -2.57. The van der Waals surface area contributed by atoms with E-state index in [1.54, 1.807) is 0 Å². The molecule has 12 atom stereocenters. The van der Waals surface area contributed by atoms with Crippen molar-refractivity contribution < 1.29 is 34.7 Å². The number of aliphatic hydroxyl groups is 4. The Kier molecular flexibility index (Phi) is 8.71. The van der Waals surface area contributed by atoms with Crippen LogP contribution in [0.4, 0.5) is 0 Å². The van der Waals surface area contributed by atoms with E-state index in [2.05, 4.69) is 60.0 Å². The molecule has 232 valence electrons. The van der Waals surface area contributed by atoms with Crippen molar-refractivity contribution in [2.45, 2.75) is 86.7 Å². The Balaban J connectivity index is 1.02. The summed E-state index contributed by atoms with van der Waals surface area (Å²) >= 11 is 0. The number of aliphatic hydroxyl groups excluding tert-OH is 4. The largest absolute Gasteiger partial charge is 0.389 e. The van der Waals surface area contributed by atoms with Crippen molar-refractivity contribution in [2.24, 2.45) is 29.0 Å². The Hall–Kier alpha value is -2.71. The molecule has 5 aliphatic carbocycles. The number of ether oxygens (including phenoxy) is 2. The minimum Gasteiger partial charge on any atom is -0.389 e. The van der Waals surface area contributed by atoms with Crippen molar-refractivity contribution in [3.05, 3.63) is 82.5 Å². The van der Waals surface area contributed by atoms with Gasteiger partial charge in [0, 0.05) is 36.9 Å². The first-order valence-electron chi connectivity index (χ1n) is 15.1. The second-order valence-electron chi connectivity index (χ2n) is 12.4. The van der Waals surface area contributed by atoms with E-state index < -0.39 is 61.0 Å². The maximum absolute atomic E-state index is 12.8. The van der Waals surface area contributed by atoms with Gasteiger partial charge in [0.05, 0.1) is 12.1 Å². The molecule has 1 saturated carbocycles. The highest BCUT2D eigenvalue weighted by Gasteiger charge is 2.48. The zero-order chi connectivity index (χ0) is 30.4. The Morgan fingerprint density at radius 3 is 2.37 bits per heavy atom. The van der Waals surface area contributed by atoms with Gasteiger partial charge in [0.1, 0.15) is 30.5 Å². The molecule has 1 saturated heterocycles. The number of amides is 1. The molecule has 1 heterocycles. The van der Waals surface area contributed by atoms with Crippen LogP contribution in [0.25, 0.3) is 0 Å². The van der Waals surface area contributed by atoms with E-state index in [0.29, 0.717) is 18.3 Å². The molecule has 0 aromatic heterocycles. The van der Waals surface area contributed by atoms with Crippen LogP contribution in [0.3, 0.4) is 0 Å². The molecular weight excluding hydrogens is 552 g/mol. The van der Waals surface area contributed by atoms with Gasteiger partial charge in [-0.25, -0.2) is 0 Å². The van der Waals surface area contributed by atoms with Crippen LogP contribution in [0.5, 0.6) is 0 Å². The van der Waals surface area contributed by atoms with Gasteiger partial charge in [0.15, 0.2) is 6.29 Å². The van der Waals surface area contributed by atoms with E-state index in [4.69, 9.17) is 26.7 Å². The number of allylic oxidation sites excluding steroid dienone is 14. The molecule has 11 heteroatoms. The van der Waals surface area contributed by atoms with Crippen LogP contribution in [-0.4, -0.2) is 93.9 Å². The SMILES string of the molecule is N[C@H]1[C@@H](OC2[C@@H](N)C[C@@H](N)[C@H](O)[C@H]2O)OC(CNC(=O)CCCC2=C3C=CC4=CC=CC5=CC=C(C=C2)C3C45)[C@@H](O)[C@@H]1O. The Labute approximate surface area is 250 Å². The van der Waals surface area contributed by atoms with E-state index >= 15 is 0 Å². The molecule has 1 aliphatic heterocycles. The van der Waals surface area contributed by atoms with Crippen molar-refractivity contribution in [3.8, 4) is 0 Å². The molecule has 6 aliphatic rings. The van der Waals surface area contributed by atoms with Crippen LogP contribution in [-0.2, 0) is 14.3 Å². The third-order valence-corrected chi connectivity index (χ3v) is 9.58. The maximum atomic E-state index is 12.8. The van der Waals surface area contributed by atoms with Gasteiger partial charge in [-0.3, -0.25) is 4.79 Å². The van der Waals surface area contributed by atoms with Crippen molar-refractivity contribution in [3.63, 3.8) is 0 Å². The van der Waals surface area contributed by atoms with Crippen LogP contribution < -0.4 is 22.5 Å². The van der Waals surface area contributed by atoms with Crippen LogP contribution in [0.1, 0.15) is 25.7 Å². The van der Waals surface area contributed by atoms with Crippen LogP contribution >= 0.6 is 0 Å². The zero-order valence-corrected chi connectivity index (χ0v) is 23.9. The van der Waals surface area contributed by atoms with Gasteiger partial charge in [-0.1, -0.05) is 54.7 Å². The zero-order valence-electron chi connectivity index (χ0n) is 23.9. The fraction of sp³-hybridized carbons (Fsp3) is 0.531. The lowest BCUT2D eigenvalue weighted by molar-refractivity contribution is -0.288. The lowest BCUT2D eigenvalue weighted by Crippen LogP contribution is -2.67. The maximum Gasteiger partial charge on any atom is 0.220 e. The molecule has 11 N–H and O–H groups in total. The smallest absolute Gasteiger partial charge is 0.220 e. The van der Waals surface area contributed by atoms with Gasteiger partial charge in [-0.15, -0.1) is 0 Å². The lowest BCUT2D eigenvalue weighted by Gasteiger charge is -2.45. The number of rotatable bonds is 8. The lowest BCUT2D eigenvalue weighted by atomic mass is 9.63. The highest BCUT2D eigenvalue weighted by molar-refractivity contribution is 5.76. The third kappa shape index (κ3) is 5.77. The van der Waals surface area contributed by atoms with E-state index in [-0.39, 0.29) is 25.3 Å². The minimum absolute atomic E-state index is 0.0807. The predicted molar refractivity (Wildman–Crippen MR) is 159 cm³/mol. The second-order valence-corrected chi connectivity index (χ2v) is 12.4. The molecule has 6 rings (SSSR count). The number of nitrogens with two attached hydrogens (primary N) is 3. The summed E-state index contributed by atoms with van der Waals surface area (Å²) in [6.45, 7) is -0.0807. The molecule has 43 heavy (non-hydrogen) atoms. The summed E-state index contributed by atoms with van der Waals surface area (Å²) in [5.74, 6) is 0.429. The van der Waals surface area contributed by atoms with Crippen molar-refractivity contribution in [1.82, 2.24) is 5.32 Å². The number of nitrogens with one attached hydrogen (secondary N) is 1. The Morgan fingerprint density at radius 2 is 1.58 bits per heavy atom. The average molecular weight is 595 g/mol. The van der Waals surface area contributed by atoms with Gasteiger partial charge < -0.3 is 52.4 Å². The second kappa shape index (κ2) is 12.4. The fourth-order valence-corrected chi connectivity index (χ4v) is 7.11. The van der Waals surface area contributed by atoms with Gasteiger partial charge in [-0.05, 0) is 47.1 Å². The first-order valence-corrected chi connectivity index (χ1v) is 15.1. The molecular formula is C32H42N4O7. The molecule has 1 amide bonds. The van der Waals surface area contributed by atoms with Gasteiger partial charge in [-0.2, -0.15) is 0 Å².